The molecule has 0 fully saturated rings. The normalized spacial score (nSPS) is 10.4. The number of nitrogens with two attached hydrogens (primary N) is 1. The summed E-state index contributed by atoms with van der Waals surface area (Å²) in [6.07, 6.45) is 2.55. The first-order chi connectivity index (χ1) is 11.5. The van der Waals surface area contributed by atoms with E-state index in [0.717, 1.165) is 11.1 Å². The maximum atomic E-state index is 12.0. The molecule has 9 heteroatoms. The van der Waals surface area contributed by atoms with Crippen LogP contribution in [0.1, 0.15) is 15.9 Å². The van der Waals surface area contributed by atoms with Crippen molar-refractivity contribution in [2.75, 3.05) is 5.32 Å². The van der Waals surface area contributed by atoms with Crippen LogP contribution in [0.25, 0.3) is 10.6 Å². The molecular formula is C15H13N5O3S. The number of H-pyrrole nitrogens is 1. The summed E-state index contributed by atoms with van der Waals surface area (Å²) >= 11 is 1.32. The number of nitrogens with one attached hydrogen (secondary N) is 2. The van der Waals surface area contributed by atoms with E-state index in [9.17, 15) is 9.59 Å². The molecule has 0 radical (unpaired) electrons. The van der Waals surface area contributed by atoms with Gasteiger partial charge in [0.25, 0.3) is 5.91 Å². The van der Waals surface area contributed by atoms with E-state index in [-0.39, 0.29) is 17.1 Å². The van der Waals surface area contributed by atoms with Crippen molar-refractivity contribution in [3.05, 3.63) is 47.1 Å². The fourth-order valence-electron chi connectivity index (χ4n) is 2.01. The van der Waals surface area contributed by atoms with Gasteiger partial charge in [-0.3, -0.25) is 15.2 Å². The third-order valence-corrected chi connectivity index (χ3v) is 3.97. The number of carbonyl (C=O) groups excluding carboxylic acids is 2. The molecule has 0 bridgehead atoms. The van der Waals surface area contributed by atoms with Gasteiger partial charge in [-0.15, -0.1) is 11.3 Å². The molecule has 122 valence electrons. The second-order valence-corrected chi connectivity index (χ2v) is 5.76. The number of thiazole rings is 1. The molecule has 0 saturated carbocycles. The number of anilines is 1. The number of aromatic amines is 1. The highest BCUT2D eigenvalue weighted by molar-refractivity contribution is 7.13. The number of primary amides is 1. The minimum absolute atomic E-state index is 0.155. The lowest BCUT2D eigenvalue weighted by Gasteiger charge is -2.09. The minimum Gasteiger partial charge on any atom is -0.390 e. The van der Waals surface area contributed by atoms with Crippen molar-refractivity contribution in [2.45, 2.75) is 6.92 Å². The Morgan fingerprint density at radius 2 is 2.21 bits per heavy atom. The first kappa shape index (κ1) is 15.7. The van der Waals surface area contributed by atoms with Crippen LogP contribution in [0.15, 0.2) is 36.0 Å². The van der Waals surface area contributed by atoms with Crippen molar-refractivity contribution in [2.24, 2.45) is 5.73 Å². The van der Waals surface area contributed by atoms with Gasteiger partial charge in [-0.1, -0.05) is 6.07 Å². The van der Waals surface area contributed by atoms with Gasteiger partial charge in [0.05, 0.1) is 22.8 Å². The molecule has 0 aliphatic heterocycles. The van der Waals surface area contributed by atoms with E-state index < -0.39 is 12.0 Å². The van der Waals surface area contributed by atoms with Crippen LogP contribution in [0.5, 0.6) is 5.88 Å². The molecule has 8 nitrogen and oxygen atoms in total. The average molecular weight is 343 g/mol. The third-order valence-electron chi connectivity index (χ3n) is 3.10. The monoisotopic (exact) mass is 343 g/mol. The largest absolute Gasteiger partial charge is 0.418 e. The van der Waals surface area contributed by atoms with E-state index in [1.54, 1.807) is 36.0 Å². The van der Waals surface area contributed by atoms with Crippen molar-refractivity contribution < 1.29 is 14.3 Å². The average Bonchev–Trinajstić information content (AvgIpc) is 3.17. The second-order valence-electron chi connectivity index (χ2n) is 4.91. The number of benzene rings is 1. The Morgan fingerprint density at radius 3 is 2.92 bits per heavy atom. The van der Waals surface area contributed by atoms with Crippen LogP contribution in [0.3, 0.4) is 0 Å². The van der Waals surface area contributed by atoms with Gasteiger partial charge < -0.3 is 10.5 Å². The fraction of sp³-hybridized carbons (Fsp3) is 0.0667. The van der Waals surface area contributed by atoms with E-state index in [4.69, 9.17) is 10.5 Å². The molecular weight excluding hydrogens is 330 g/mol. The highest BCUT2D eigenvalue weighted by Crippen LogP contribution is 2.26. The van der Waals surface area contributed by atoms with E-state index in [2.05, 4.69) is 20.5 Å². The zero-order chi connectivity index (χ0) is 17.1. The number of amides is 2. The number of hydrogen-bond acceptors (Lipinski definition) is 6. The first-order valence-electron chi connectivity index (χ1n) is 6.87. The van der Waals surface area contributed by atoms with Gasteiger partial charge in [-0.25, -0.2) is 9.78 Å². The molecule has 1 aromatic carbocycles. The van der Waals surface area contributed by atoms with E-state index in [1.807, 2.05) is 6.92 Å². The number of hydrogen-bond donors (Lipinski definition) is 3. The Balaban J connectivity index is 1.72. The van der Waals surface area contributed by atoms with Crippen molar-refractivity contribution in [3.8, 4) is 16.5 Å². The Kier molecular flexibility index (Phi) is 4.25. The fourth-order valence-corrected chi connectivity index (χ4v) is 2.72. The zero-order valence-corrected chi connectivity index (χ0v) is 13.4. The van der Waals surface area contributed by atoms with Gasteiger partial charge >= 0.3 is 6.09 Å². The summed E-state index contributed by atoms with van der Waals surface area (Å²) in [5.74, 6) is -0.483. The molecule has 0 atom stereocenters. The SMILES string of the molecule is Cc1ccc(C(N)=O)c(NC(=O)Oc2csc(-c3cn[nH]c3)n2)c1. The molecule has 0 saturated heterocycles. The Hall–Kier alpha value is -3.20. The van der Waals surface area contributed by atoms with Crippen molar-refractivity contribution in [3.63, 3.8) is 0 Å². The van der Waals surface area contributed by atoms with E-state index in [0.29, 0.717) is 5.01 Å². The number of aromatic nitrogens is 3. The summed E-state index contributed by atoms with van der Waals surface area (Å²) in [5.41, 5.74) is 7.46. The number of nitrogens with zero attached hydrogens (tertiary/aromatic N) is 2. The van der Waals surface area contributed by atoms with Crippen molar-refractivity contribution in [1.29, 1.82) is 0 Å². The van der Waals surface area contributed by atoms with Gasteiger partial charge in [0.15, 0.2) is 0 Å². The molecule has 24 heavy (non-hydrogen) atoms. The highest BCUT2D eigenvalue weighted by atomic mass is 32.1. The maximum absolute atomic E-state index is 12.0. The highest BCUT2D eigenvalue weighted by Gasteiger charge is 2.14. The summed E-state index contributed by atoms with van der Waals surface area (Å²) in [7, 11) is 0. The molecule has 0 aliphatic carbocycles. The van der Waals surface area contributed by atoms with Crippen LogP contribution in [-0.2, 0) is 0 Å². The van der Waals surface area contributed by atoms with Crippen molar-refractivity contribution >= 4 is 29.0 Å². The molecule has 2 amide bonds. The Bertz CT molecular complexity index is 888. The smallest absolute Gasteiger partial charge is 0.390 e. The number of ether oxygens (including phenoxy) is 1. The topological polar surface area (TPSA) is 123 Å². The molecule has 0 aliphatic rings. The molecule has 2 heterocycles. The number of aryl methyl sites for hydroxylation is 1. The van der Waals surface area contributed by atoms with E-state index in [1.165, 1.54) is 11.3 Å². The van der Waals surface area contributed by atoms with Crippen LogP contribution in [0.4, 0.5) is 10.5 Å². The summed E-state index contributed by atoms with van der Waals surface area (Å²) in [6, 6.07) is 4.92. The van der Waals surface area contributed by atoms with Gasteiger partial charge in [0.2, 0.25) is 5.88 Å². The van der Waals surface area contributed by atoms with Gasteiger partial charge in [-0.05, 0) is 24.6 Å². The van der Waals surface area contributed by atoms with E-state index >= 15 is 0 Å². The molecule has 0 spiro atoms. The summed E-state index contributed by atoms with van der Waals surface area (Å²) in [4.78, 5) is 27.6. The second kappa shape index (κ2) is 6.50. The van der Waals surface area contributed by atoms with Crippen LogP contribution in [0, 0.1) is 6.92 Å². The van der Waals surface area contributed by atoms with Crippen LogP contribution in [0.2, 0.25) is 0 Å². The third kappa shape index (κ3) is 3.41. The standard InChI is InChI=1S/C15H13N5O3S/c1-8-2-3-10(13(16)21)11(4-8)19-15(22)23-12-7-24-14(20-12)9-5-17-18-6-9/h2-7H,1H3,(H2,16,21)(H,17,18)(H,19,22). The lowest BCUT2D eigenvalue weighted by Crippen LogP contribution is -2.21. The molecule has 3 rings (SSSR count). The minimum atomic E-state index is -0.757. The van der Waals surface area contributed by atoms with Gasteiger partial charge in [-0.2, -0.15) is 5.10 Å². The molecule has 0 unspecified atom stereocenters. The van der Waals surface area contributed by atoms with Crippen LogP contribution >= 0.6 is 11.3 Å². The van der Waals surface area contributed by atoms with Crippen LogP contribution < -0.4 is 15.8 Å². The number of rotatable bonds is 4. The zero-order valence-electron chi connectivity index (χ0n) is 12.6. The summed E-state index contributed by atoms with van der Waals surface area (Å²) in [6.45, 7) is 1.83. The van der Waals surface area contributed by atoms with Gasteiger partial charge in [0, 0.05) is 11.8 Å². The quantitative estimate of drug-likeness (QED) is 0.672. The van der Waals surface area contributed by atoms with Gasteiger partial charge in [0.1, 0.15) is 5.01 Å². The predicted molar refractivity (Wildman–Crippen MR) is 89.0 cm³/mol. The molecule has 3 aromatic rings. The molecule has 2 aromatic heterocycles. The predicted octanol–water partition coefficient (Wildman–Crippen LogP) is 2.55. The lowest BCUT2D eigenvalue weighted by molar-refractivity contribution is 0.100. The Labute approximate surface area is 140 Å². The Morgan fingerprint density at radius 1 is 1.38 bits per heavy atom. The molecule has 4 N–H and O–H groups in total. The lowest BCUT2D eigenvalue weighted by atomic mass is 10.1. The van der Waals surface area contributed by atoms with Crippen molar-refractivity contribution in [1.82, 2.24) is 15.2 Å². The number of carbonyl (C=O) groups is 2. The first-order valence-corrected chi connectivity index (χ1v) is 7.75. The summed E-state index contributed by atoms with van der Waals surface area (Å²) in [5, 5.41) is 11.3. The summed E-state index contributed by atoms with van der Waals surface area (Å²) < 4.78 is 5.14. The maximum Gasteiger partial charge on any atom is 0.418 e. The van der Waals surface area contributed by atoms with Crippen LogP contribution in [-0.4, -0.2) is 27.2 Å².